The van der Waals surface area contributed by atoms with E-state index in [-0.39, 0.29) is 17.5 Å². The Kier molecular flexibility index (Phi) is 4.58. The van der Waals surface area contributed by atoms with Crippen LogP contribution in [0.15, 0.2) is 35.2 Å². The second-order valence-corrected chi connectivity index (χ2v) is 8.20. The Bertz CT molecular complexity index is 784. The zero-order valence-corrected chi connectivity index (χ0v) is 14.2. The predicted octanol–water partition coefficient (Wildman–Crippen LogP) is 1.76. The van der Waals surface area contributed by atoms with Crippen molar-refractivity contribution >= 4 is 26.4 Å². The van der Waals surface area contributed by atoms with E-state index in [2.05, 4.69) is 4.72 Å². The van der Waals surface area contributed by atoms with Gasteiger partial charge in [0, 0.05) is 17.8 Å². The molecule has 1 aliphatic rings. The Morgan fingerprint density at radius 1 is 1.39 bits per heavy atom. The van der Waals surface area contributed by atoms with E-state index in [9.17, 15) is 8.42 Å². The zero-order chi connectivity index (χ0) is 16.4. The largest absolute Gasteiger partial charge is 0.497 e. The van der Waals surface area contributed by atoms with E-state index in [1.165, 1.54) is 30.6 Å². The van der Waals surface area contributed by atoms with Crippen LogP contribution in [0.2, 0.25) is 0 Å². The molecule has 1 aromatic carbocycles. The van der Waals surface area contributed by atoms with Crippen LogP contribution in [0.1, 0.15) is 10.4 Å². The number of methoxy groups -OCH3 is 1. The highest BCUT2D eigenvalue weighted by atomic mass is 32.2. The van der Waals surface area contributed by atoms with E-state index in [0.29, 0.717) is 18.8 Å². The summed E-state index contributed by atoms with van der Waals surface area (Å²) in [4.78, 5) is 1.33. The molecular weight excluding hydrogens is 336 g/mol. The molecule has 8 heteroatoms. The minimum Gasteiger partial charge on any atom is -0.497 e. The van der Waals surface area contributed by atoms with Gasteiger partial charge in [-0.2, -0.15) is 0 Å². The van der Waals surface area contributed by atoms with Crippen LogP contribution in [-0.2, 0) is 27.8 Å². The topological polar surface area (TPSA) is 90.7 Å². The summed E-state index contributed by atoms with van der Waals surface area (Å²) in [6.07, 6.45) is 0.471. The fourth-order valence-corrected chi connectivity index (χ4v) is 4.41. The van der Waals surface area contributed by atoms with Gasteiger partial charge < -0.3 is 15.2 Å². The molecule has 2 aromatic rings. The maximum Gasteiger partial charge on any atom is 0.240 e. The monoisotopic (exact) mass is 354 g/mol. The molecule has 3 rings (SSSR count). The molecule has 23 heavy (non-hydrogen) atoms. The lowest BCUT2D eigenvalue weighted by Crippen LogP contribution is -2.36. The maximum atomic E-state index is 12.3. The number of hydrogen-bond acceptors (Lipinski definition) is 6. The summed E-state index contributed by atoms with van der Waals surface area (Å²) in [5.74, 6) is 0.613. The molecule has 1 unspecified atom stereocenters. The number of sulfonamides is 1. The van der Waals surface area contributed by atoms with E-state index < -0.39 is 10.0 Å². The number of rotatable bonds is 5. The average molecular weight is 354 g/mol. The number of nitrogens with one attached hydrogen (secondary N) is 1. The van der Waals surface area contributed by atoms with Crippen molar-refractivity contribution in [1.29, 1.82) is 0 Å². The molecule has 3 N–H and O–H groups in total. The van der Waals surface area contributed by atoms with Gasteiger partial charge in [0.15, 0.2) is 0 Å². The number of nitrogens with two attached hydrogens (primary N) is 1. The molecule has 1 aromatic heterocycles. The van der Waals surface area contributed by atoms with Gasteiger partial charge in [-0.15, -0.1) is 11.3 Å². The lowest BCUT2D eigenvalue weighted by atomic mass is 10.1. The van der Waals surface area contributed by atoms with E-state index >= 15 is 0 Å². The highest BCUT2D eigenvalue weighted by Crippen LogP contribution is 2.30. The summed E-state index contributed by atoms with van der Waals surface area (Å²) in [6, 6.07) is 8.20. The molecule has 2 heterocycles. The molecule has 0 saturated carbocycles. The zero-order valence-electron chi connectivity index (χ0n) is 12.6. The van der Waals surface area contributed by atoms with Crippen molar-refractivity contribution in [2.24, 2.45) is 0 Å². The van der Waals surface area contributed by atoms with Crippen LogP contribution in [0.4, 0.5) is 5.00 Å². The SMILES string of the molecule is COc1ccc(S(=O)(=O)NCC2Cc3cc(N)sc3CO2)cc1. The Morgan fingerprint density at radius 3 is 2.83 bits per heavy atom. The van der Waals surface area contributed by atoms with Crippen molar-refractivity contribution in [2.45, 2.75) is 24.0 Å². The van der Waals surface area contributed by atoms with E-state index in [1.807, 2.05) is 6.07 Å². The average Bonchev–Trinajstić information content (AvgIpc) is 2.92. The summed E-state index contributed by atoms with van der Waals surface area (Å²) >= 11 is 1.52. The second-order valence-electron chi connectivity index (χ2n) is 5.26. The van der Waals surface area contributed by atoms with Crippen molar-refractivity contribution < 1.29 is 17.9 Å². The smallest absolute Gasteiger partial charge is 0.240 e. The number of thiophene rings is 1. The predicted molar refractivity (Wildman–Crippen MR) is 89.2 cm³/mol. The minimum atomic E-state index is -3.56. The van der Waals surface area contributed by atoms with Crippen molar-refractivity contribution in [3.8, 4) is 5.75 Å². The lowest BCUT2D eigenvalue weighted by molar-refractivity contribution is 0.0345. The molecular formula is C15H18N2O4S2. The highest BCUT2D eigenvalue weighted by molar-refractivity contribution is 7.89. The third-order valence-electron chi connectivity index (χ3n) is 3.68. The van der Waals surface area contributed by atoms with Gasteiger partial charge in [0.2, 0.25) is 10.0 Å². The minimum absolute atomic E-state index is 0.190. The van der Waals surface area contributed by atoms with Gasteiger partial charge in [0.1, 0.15) is 5.75 Å². The summed E-state index contributed by atoms with van der Waals surface area (Å²) < 4.78 is 37.9. The number of nitrogen functional groups attached to an aromatic ring is 1. The molecule has 6 nitrogen and oxygen atoms in total. The summed E-state index contributed by atoms with van der Waals surface area (Å²) in [5.41, 5.74) is 6.93. The van der Waals surface area contributed by atoms with Gasteiger partial charge in [-0.3, -0.25) is 0 Å². The quantitative estimate of drug-likeness (QED) is 0.854. The van der Waals surface area contributed by atoms with Crippen molar-refractivity contribution in [2.75, 3.05) is 19.4 Å². The molecule has 0 aliphatic carbocycles. The summed E-state index contributed by atoms with van der Waals surface area (Å²) in [6.45, 7) is 0.704. The number of anilines is 1. The molecule has 0 radical (unpaired) electrons. The van der Waals surface area contributed by atoms with Gasteiger partial charge >= 0.3 is 0 Å². The van der Waals surface area contributed by atoms with Crippen molar-refractivity contribution in [1.82, 2.24) is 4.72 Å². The van der Waals surface area contributed by atoms with Crippen molar-refractivity contribution in [3.63, 3.8) is 0 Å². The van der Waals surface area contributed by atoms with Crippen LogP contribution in [-0.4, -0.2) is 28.2 Å². The fourth-order valence-electron chi connectivity index (χ4n) is 2.45. The molecule has 1 aliphatic heterocycles. The second kappa shape index (κ2) is 6.48. The van der Waals surface area contributed by atoms with Crippen LogP contribution < -0.4 is 15.2 Å². The fraction of sp³-hybridized carbons (Fsp3) is 0.333. The first-order valence-electron chi connectivity index (χ1n) is 7.10. The first-order chi connectivity index (χ1) is 11.0. The van der Waals surface area contributed by atoms with Crippen molar-refractivity contribution in [3.05, 3.63) is 40.8 Å². The normalized spacial score (nSPS) is 17.7. The Labute approximate surface area is 139 Å². The number of hydrogen-bond donors (Lipinski definition) is 2. The van der Waals surface area contributed by atoms with Gasteiger partial charge in [0.05, 0.1) is 29.7 Å². The maximum absolute atomic E-state index is 12.3. The van der Waals surface area contributed by atoms with E-state index in [1.54, 1.807) is 12.1 Å². The van der Waals surface area contributed by atoms with Crippen LogP contribution >= 0.6 is 11.3 Å². The Balaban J connectivity index is 1.63. The molecule has 124 valence electrons. The first-order valence-corrected chi connectivity index (χ1v) is 9.40. The standard InChI is InChI=1S/C15H18N2O4S2/c1-20-11-2-4-13(5-3-11)23(18,19)17-8-12-6-10-7-15(16)22-14(10)9-21-12/h2-5,7,12,17H,6,8-9,16H2,1H3. The third-order valence-corrected chi connectivity index (χ3v) is 6.10. The Hall–Kier alpha value is -1.61. The molecule has 0 bridgehead atoms. The summed E-state index contributed by atoms with van der Waals surface area (Å²) in [5, 5.41) is 0.762. The van der Waals surface area contributed by atoms with E-state index in [0.717, 1.165) is 15.4 Å². The van der Waals surface area contributed by atoms with Crippen LogP contribution in [0.25, 0.3) is 0 Å². The first kappa shape index (κ1) is 16.3. The van der Waals surface area contributed by atoms with Gasteiger partial charge in [-0.1, -0.05) is 0 Å². The third kappa shape index (κ3) is 3.66. The molecule has 0 amide bonds. The van der Waals surface area contributed by atoms with Gasteiger partial charge in [0.25, 0.3) is 0 Å². The lowest BCUT2D eigenvalue weighted by Gasteiger charge is -2.23. The number of ether oxygens (including phenoxy) is 2. The molecule has 0 spiro atoms. The van der Waals surface area contributed by atoms with Crippen LogP contribution in [0, 0.1) is 0 Å². The number of fused-ring (bicyclic) bond motifs is 1. The highest BCUT2D eigenvalue weighted by Gasteiger charge is 2.23. The molecule has 0 fully saturated rings. The molecule has 0 saturated heterocycles. The number of benzene rings is 1. The van der Waals surface area contributed by atoms with Crippen LogP contribution in [0.5, 0.6) is 5.75 Å². The molecule has 1 atom stereocenters. The van der Waals surface area contributed by atoms with Crippen LogP contribution in [0.3, 0.4) is 0 Å². The van der Waals surface area contributed by atoms with Gasteiger partial charge in [-0.05, 0) is 35.9 Å². The Morgan fingerprint density at radius 2 is 2.13 bits per heavy atom. The summed E-state index contributed by atoms with van der Waals surface area (Å²) in [7, 11) is -2.03. The van der Waals surface area contributed by atoms with Gasteiger partial charge in [-0.25, -0.2) is 13.1 Å². The van der Waals surface area contributed by atoms with E-state index in [4.69, 9.17) is 15.2 Å².